The highest BCUT2D eigenvalue weighted by atomic mass is 19.4. The van der Waals surface area contributed by atoms with E-state index in [1.54, 1.807) is 35.6 Å². The van der Waals surface area contributed by atoms with Crippen molar-refractivity contribution in [2.75, 3.05) is 48.5 Å². The highest BCUT2D eigenvalue weighted by molar-refractivity contribution is 5.91. The Morgan fingerprint density at radius 1 is 1.06 bits per heavy atom. The first kappa shape index (κ1) is 32.5. The van der Waals surface area contributed by atoms with Crippen molar-refractivity contribution in [3.8, 4) is 17.1 Å². The van der Waals surface area contributed by atoms with Gasteiger partial charge >= 0.3 is 18.2 Å². The van der Waals surface area contributed by atoms with Gasteiger partial charge < -0.3 is 25.0 Å². The third kappa shape index (κ3) is 7.29. The molecular weight excluding hydrogens is 629 g/mol. The molecule has 1 saturated carbocycles. The van der Waals surface area contributed by atoms with Gasteiger partial charge in [0.2, 0.25) is 5.95 Å². The van der Waals surface area contributed by atoms with Crippen LogP contribution in [-0.2, 0) is 10.9 Å². The van der Waals surface area contributed by atoms with Crippen LogP contribution in [-0.4, -0.2) is 88.4 Å². The predicted octanol–water partition coefficient (Wildman–Crippen LogP) is 4.93. The zero-order valence-corrected chi connectivity index (χ0v) is 25.5. The number of nitrogens with zero attached hydrogens (tertiary/aromatic N) is 7. The molecule has 2 aliphatic heterocycles. The van der Waals surface area contributed by atoms with Gasteiger partial charge in [-0.1, -0.05) is 0 Å². The fourth-order valence-corrected chi connectivity index (χ4v) is 6.32. The van der Waals surface area contributed by atoms with Crippen LogP contribution in [0.3, 0.4) is 0 Å². The molecule has 1 aliphatic carbocycles. The van der Waals surface area contributed by atoms with Crippen LogP contribution in [0.25, 0.3) is 11.1 Å². The minimum absolute atomic E-state index is 0.0797. The van der Waals surface area contributed by atoms with E-state index >= 15 is 0 Å². The van der Waals surface area contributed by atoms with E-state index < -0.39 is 36.3 Å². The average molecular weight is 664 g/mol. The highest BCUT2D eigenvalue weighted by Gasteiger charge is 2.49. The molecule has 12 nitrogen and oxygen atoms in total. The lowest BCUT2D eigenvalue weighted by Gasteiger charge is -2.48. The molecule has 5 heterocycles. The molecule has 3 aliphatic rings. The number of carbonyl (C=O) groups excluding carboxylic acids is 1. The molecule has 252 valence electrons. The van der Waals surface area contributed by atoms with Gasteiger partial charge in [-0.05, 0) is 50.7 Å². The summed E-state index contributed by atoms with van der Waals surface area (Å²) >= 11 is 0. The quantitative estimate of drug-likeness (QED) is 0.304. The molecule has 0 bridgehead atoms. The van der Waals surface area contributed by atoms with Gasteiger partial charge in [0, 0.05) is 54.6 Å². The number of nitrogens with one attached hydrogen (secondary N) is 2. The highest BCUT2D eigenvalue weighted by Crippen LogP contribution is 2.42. The smallest absolute Gasteiger partial charge is 0.421 e. The van der Waals surface area contributed by atoms with Crippen LogP contribution in [0.1, 0.15) is 44.1 Å². The van der Waals surface area contributed by atoms with Crippen LogP contribution < -0.4 is 25.2 Å². The minimum Gasteiger partial charge on any atom is -0.467 e. The number of pyridine rings is 1. The molecule has 0 aromatic carbocycles. The molecule has 47 heavy (non-hydrogen) atoms. The molecule has 3 aromatic rings. The SMILES string of the molecule is COc1ncc(-c2ccc(N(C(=O)NCC(F)F)[C@H]3CC[C@H](Nc4ncc(C(F)(F)F)c(N5CC6(CCCO6)C5)n4)CC3)nc2)cn1. The standard InChI is InChI=1S/C30H34F5N9O3/c1-46-27-38-12-19(13-39-27)18-3-8-24(36-11-18)44(28(45)40-15-23(31)32)21-6-4-20(5-7-21)41-26-37-14-22(30(33,34)35)25(42-26)43-16-29(17-43)9-2-10-47-29/h3,8,11-14,20-21,23H,2,4-7,9-10,15-17H2,1H3,(H,40,45)(H,37,41,42)/t20-,21-. The number of halogens is 5. The predicted molar refractivity (Wildman–Crippen MR) is 161 cm³/mol. The van der Waals surface area contributed by atoms with Gasteiger partial charge in [0.25, 0.3) is 6.43 Å². The van der Waals surface area contributed by atoms with Crippen LogP contribution in [0.15, 0.2) is 36.9 Å². The Bertz CT molecular complexity index is 1520. The van der Waals surface area contributed by atoms with Gasteiger partial charge in [0.15, 0.2) is 0 Å². The summed E-state index contributed by atoms with van der Waals surface area (Å²) in [6, 6.07) is 2.30. The fourth-order valence-electron chi connectivity index (χ4n) is 6.32. The van der Waals surface area contributed by atoms with E-state index in [9.17, 15) is 26.7 Å². The molecule has 2 N–H and O–H groups in total. The zero-order valence-electron chi connectivity index (χ0n) is 25.5. The summed E-state index contributed by atoms with van der Waals surface area (Å²) in [4.78, 5) is 37.0. The second kappa shape index (κ2) is 13.4. The van der Waals surface area contributed by atoms with Crippen molar-refractivity contribution >= 4 is 23.6 Å². The van der Waals surface area contributed by atoms with Crippen molar-refractivity contribution in [1.82, 2.24) is 30.2 Å². The number of aromatic nitrogens is 5. The summed E-state index contributed by atoms with van der Waals surface area (Å²) in [7, 11) is 1.45. The largest absolute Gasteiger partial charge is 0.467 e. The van der Waals surface area contributed by atoms with Crippen molar-refractivity contribution < 1.29 is 36.2 Å². The Labute approximate surface area is 267 Å². The van der Waals surface area contributed by atoms with Crippen LogP contribution in [0.5, 0.6) is 6.01 Å². The lowest BCUT2D eigenvalue weighted by atomic mass is 9.90. The molecule has 6 rings (SSSR count). The summed E-state index contributed by atoms with van der Waals surface area (Å²) < 4.78 is 78.2. The van der Waals surface area contributed by atoms with Crippen molar-refractivity contribution in [1.29, 1.82) is 0 Å². The molecule has 0 atom stereocenters. The second-order valence-electron chi connectivity index (χ2n) is 11.9. The van der Waals surface area contributed by atoms with Crippen LogP contribution in [0, 0.1) is 0 Å². The van der Waals surface area contributed by atoms with Gasteiger partial charge in [-0.3, -0.25) is 4.90 Å². The van der Waals surface area contributed by atoms with E-state index in [2.05, 4.69) is 35.6 Å². The normalized spacial score (nSPS) is 20.6. The topological polar surface area (TPSA) is 131 Å². The van der Waals surface area contributed by atoms with Crippen molar-refractivity contribution in [3.05, 3.63) is 42.5 Å². The second-order valence-corrected chi connectivity index (χ2v) is 11.9. The Morgan fingerprint density at radius 3 is 2.38 bits per heavy atom. The number of hydrogen-bond donors (Lipinski definition) is 2. The lowest BCUT2D eigenvalue weighted by Crippen LogP contribution is -2.62. The number of ether oxygens (including phenoxy) is 2. The van der Waals surface area contributed by atoms with E-state index in [0.717, 1.165) is 19.0 Å². The van der Waals surface area contributed by atoms with Crippen LogP contribution in [0.4, 0.5) is 44.3 Å². The van der Waals surface area contributed by atoms with E-state index in [0.29, 0.717) is 56.5 Å². The number of rotatable bonds is 9. The first-order valence-electron chi connectivity index (χ1n) is 15.3. The van der Waals surface area contributed by atoms with Crippen LogP contribution in [0.2, 0.25) is 0 Å². The van der Waals surface area contributed by atoms with Crippen molar-refractivity contribution in [2.24, 2.45) is 0 Å². The maximum Gasteiger partial charge on any atom is 0.421 e. The molecule has 0 radical (unpaired) electrons. The summed E-state index contributed by atoms with van der Waals surface area (Å²) in [5.74, 6) is 0.180. The maximum absolute atomic E-state index is 13.8. The first-order chi connectivity index (χ1) is 22.5. The molecule has 0 unspecified atom stereocenters. The Kier molecular flexibility index (Phi) is 9.25. The first-order valence-corrected chi connectivity index (χ1v) is 15.3. The number of anilines is 3. The molecular formula is C30H34F5N9O3. The maximum atomic E-state index is 13.8. The van der Waals surface area contributed by atoms with Gasteiger partial charge in [0.05, 0.1) is 26.7 Å². The van der Waals surface area contributed by atoms with Crippen molar-refractivity contribution in [3.63, 3.8) is 0 Å². The summed E-state index contributed by atoms with van der Waals surface area (Å²) in [5.41, 5.74) is 0.0340. The Hall–Kier alpha value is -4.41. The van der Waals surface area contributed by atoms with Gasteiger partial charge in [-0.25, -0.2) is 33.5 Å². The number of hydrogen-bond acceptors (Lipinski definition) is 10. The molecule has 3 aromatic heterocycles. The Morgan fingerprint density at radius 2 is 1.79 bits per heavy atom. The molecule has 17 heteroatoms. The number of urea groups is 1. The fraction of sp³-hybridized carbons (Fsp3) is 0.533. The van der Waals surface area contributed by atoms with E-state index in [1.807, 2.05) is 0 Å². The third-order valence-electron chi connectivity index (χ3n) is 8.68. The van der Waals surface area contributed by atoms with E-state index in [1.165, 1.54) is 12.0 Å². The average Bonchev–Trinajstić information content (AvgIpc) is 3.55. The molecule has 2 saturated heterocycles. The summed E-state index contributed by atoms with van der Waals surface area (Å²) in [6.07, 6.45) is 1.79. The zero-order chi connectivity index (χ0) is 33.2. The molecule has 2 amide bonds. The third-order valence-corrected chi connectivity index (χ3v) is 8.68. The number of carbonyl (C=O) groups is 1. The van der Waals surface area contributed by atoms with Gasteiger partial charge in [0.1, 0.15) is 22.8 Å². The van der Waals surface area contributed by atoms with Crippen molar-refractivity contribution in [2.45, 2.75) is 68.8 Å². The number of alkyl halides is 5. The van der Waals surface area contributed by atoms with E-state index in [-0.39, 0.29) is 35.7 Å². The molecule has 1 spiro atoms. The molecule has 3 fully saturated rings. The minimum atomic E-state index is -4.62. The lowest BCUT2D eigenvalue weighted by molar-refractivity contribution is -0.137. The van der Waals surface area contributed by atoms with Crippen LogP contribution >= 0.6 is 0 Å². The summed E-state index contributed by atoms with van der Waals surface area (Å²) in [6.45, 7) is 0.463. The monoisotopic (exact) mass is 663 g/mol. The number of methoxy groups -OCH3 is 1. The van der Waals surface area contributed by atoms with Gasteiger partial charge in [-0.15, -0.1) is 0 Å². The van der Waals surface area contributed by atoms with E-state index in [4.69, 9.17) is 9.47 Å². The Balaban J connectivity index is 1.14. The van der Waals surface area contributed by atoms with Gasteiger partial charge in [-0.2, -0.15) is 18.2 Å². The summed E-state index contributed by atoms with van der Waals surface area (Å²) in [5, 5.41) is 5.44. The number of amides is 2.